The highest BCUT2D eigenvalue weighted by Crippen LogP contribution is 2.19. The highest BCUT2D eigenvalue weighted by Gasteiger charge is 2.25. The Morgan fingerprint density at radius 3 is 2.76 bits per heavy atom. The van der Waals surface area contributed by atoms with E-state index in [9.17, 15) is 9.59 Å². The van der Waals surface area contributed by atoms with Crippen molar-refractivity contribution in [3.63, 3.8) is 0 Å². The summed E-state index contributed by atoms with van der Waals surface area (Å²) < 4.78 is 0. The van der Waals surface area contributed by atoms with Gasteiger partial charge in [-0.15, -0.1) is 0 Å². The number of anilines is 1. The van der Waals surface area contributed by atoms with Gasteiger partial charge in [-0.25, -0.2) is 0 Å². The van der Waals surface area contributed by atoms with Crippen LogP contribution in [0.2, 0.25) is 0 Å². The number of aliphatic carboxylic acids is 1. The molecule has 1 saturated heterocycles. The number of likely N-dealkylation sites (tertiary alicyclic amines) is 1. The van der Waals surface area contributed by atoms with E-state index in [4.69, 9.17) is 5.11 Å². The van der Waals surface area contributed by atoms with Crippen molar-refractivity contribution in [2.45, 2.75) is 25.7 Å². The Bertz CT molecular complexity index is 476. The molecule has 0 aliphatic carbocycles. The molecule has 1 aromatic carbocycles. The molecule has 5 nitrogen and oxygen atoms in total. The fraction of sp³-hybridized carbons (Fsp3) is 0.500. The number of hydrogen-bond donors (Lipinski definition) is 2. The first-order chi connectivity index (χ1) is 10.1. The van der Waals surface area contributed by atoms with E-state index >= 15 is 0 Å². The van der Waals surface area contributed by atoms with Gasteiger partial charge in [-0.1, -0.05) is 18.2 Å². The third kappa shape index (κ3) is 5.19. The predicted octanol–water partition coefficient (Wildman–Crippen LogP) is 2.20. The lowest BCUT2D eigenvalue weighted by molar-refractivity contribution is -0.137. The molecule has 1 atom stereocenters. The van der Waals surface area contributed by atoms with E-state index in [1.165, 1.54) is 0 Å². The number of para-hydroxylation sites is 1. The molecule has 5 heteroatoms. The van der Waals surface area contributed by atoms with Crippen LogP contribution in [0.15, 0.2) is 30.3 Å². The smallest absolute Gasteiger partial charge is 0.303 e. The Labute approximate surface area is 125 Å². The van der Waals surface area contributed by atoms with Gasteiger partial charge in [0.25, 0.3) is 0 Å². The second kappa shape index (κ2) is 7.78. The molecule has 1 heterocycles. The van der Waals surface area contributed by atoms with Crippen molar-refractivity contribution in [2.24, 2.45) is 5.92 Å². The lowest BCUT2D eigenvalue weighted by Gasteiger charge is -2.31. The van der Waals surface area contributed by atoms with Crippen molar-refractivity contribution in [1.29, 1.82) is 0 Å². The molecular weight excluding hydrogens is 268 g/mol. The fourth-order valence-electron chi connectivity index (χ4n) is 2.69. The maximum absolute atomic E-state index is 12.3. The molecule has 1 aromatic rings. The number of nitrogens with zero attached hydrogens (tertiary/aromatic N) is 1. The van der Waals surface area contributed by atoms with Gasteiger partial charge < -0.3 is 15.3 Å². The normalized spacial score (nSPS) is 19.1. The molecule has 0 aromatic heterocycles. The summed E-state index contributed by atoms with van der Waals surface area (Å²) in [7, 11) is 0. The minimum Gasteiger partial charge on any atom is -0.481 e. The van der Waals surface area contributed by atoms with Crippen LogP contribution in [-0.4, -0.2) is 41.5 Å². The number of carbonyl (C=O) groups excluding carboxylic acids is 1. The minimum atomic E-state index is -0.759. The van der Waals surface area contributed by atoms with Crippen LogP contribution < -0.4 is 5.32 Å². The topological polar surface area (TPSA) is 69.6 Å². The maximum Gasteiger partial charge on any atom is 0.303 e. The van der Waals surface area contributed by atoms with Gasteiger partial charge in [0.15, 0.2) is 0 Å². The predicted molar refractivity (Wildman–Crippen MR) is 81.1 cm³/mol. The minimum absolute atomic E-state index is 0.0104. The highest BCUT2D eigenvalue weighted by molar-refractivity contribution is 5.92. The SMILES string of the molecule is O=C(O)CCCN1CCCC(C(=O)Nc2ccccc2)C1. The quantitative estimate of drug-likeness (QED) is 0.842. The molecular formula is C16H22N2O3. The molecule has 2 rings (SSSR count). The van der Waals surface area contributed by atoms with Crippen molar-refractivity contribution in [3.8, 4) is 0 Å². The fourth-order valence-corrected chi connectivity index (χ4v) is 2.69. The van der Waals surface area contributed by atoms with Gasteiger partial charge in [0.2, 0.25) is 5.91 Å². The monoisotopic (exact) mass is 290 g/mol. The van der Waals surface area contributed by atoms with Gasteiger partial charge >= 0.3 is 5.97 Å². The van der Waals surface area contributed by atoms with Gasteiger partial charge in [0.1, 0.15) is 0 Å². The van der Waals surface area contributed by atoms with E-state index in [0.29, 0.717) is 6.42 Å². The third-order valence-electron chi connectivity index (χ3n) is 3.78. The Morgan fingerprint density at radius 1 is 1.29 bits per heavy atom. The van der Waals surface area contributed by atoms with Crippen LogP contribution in [0.5, 0.6) is 0 Å². The van der Waals surface area contributed by atoms with Crippen molar-refractivity contribution in [2.75, 3.05) is 25.0 Å². The number of hydrogen-bond acceptors (Lipinski definition) is 3. The summed E-state index contributed by atoms with van der Waals surface area (Å²) in [6.45, 7) is 2.43. The highest BCUT2D eigenvalue weighted by atomic mass is 16.4. The number of carboxylic acid groups (broad SMARTS) is 1. The maximum atomic E-state index is 12.3. The summed E-state index contributed by atoms with van der Waals surface area (Å²) >= 11 is 0. The van der Waals surface area contributed by atoms with Crippen LogP contribution in [-0.2, 0) is 9.59 Å². The summed E-state index contributed by atoms with van der Waals surface area (Å²) in [6, 6.07) is 9.47. The summed E-state index contributed by atoms with van der Waals surface area (Å²) in [5, 5.41) is 11.6. The van der Waals surface area contributed by atoms with Gasteiger partial charge in [-0.3, -0.25) is 9.59 Å². The second-order valence-electron chi connectivity index (χ2n) is 5.49. The zero-order chi connectivity index (χ0) is 15.1. The second-order valence-corrected chi connectivity index (χ2v) is 5.49. The van der Waals surface area contributed by atoms with E-state index < -0.39 is 5.97 Å². The Morgan fingerprint density at radius 2 is 2.05 bits per heavy atom. The molecule has 1 unspecified atom stereocenters. The molecule has 1 aliphatic rings. The summed E-state index contributed by atoms with van der Waals surface area (Å²) in [6.07, 6.45) is 2.72. The number of benzene rings is 1. The van der Waals surface area contributed by atoms with Crippen molar-refractivity contribution < 1.29 is 14.7 Å². The Hall–Kier alpha value is -1.88. The molecule has 21 heavy (non-hydrogen) atoms. The number of carbonyl (C=O) groups is 2. The molecule has 114 valence electrons. The van der Waals surface area contributed by atoms with Crippen LogP contribution in [0.4, 0.5) is 5.69 Å². The number of carboxylic acids is 1. The van der Waals surface area contributed by atoms with Crippen LogP contribution in [0.3, 0.4) is 0 Å². The van der Waals surface area contributed by atoms with Crippen LogP contribution >= 0.6 is 0 Å². The Kier molecular flexibility index (Phi) is 5.75. The van der Waals surface area contributed by atoms with Gasteiger partial charge in [0, 0.05) is 18.7 Å². The summed E-state index contributed by atoms with van der Waals surface area (Å²) in [5.74, 6) is -0.710. The average molecular weight is 290 g/mol. The molecule has 0 spiro atoms. The van der Waals surface area contributed by atoms with E-state index in [1.807, 2.05) is 30.3 Å². The number of amides is 1. The molecule has 1 amide bonds. The number of nitrogens with one attached hydrogen (secondary N) is 1. The van der Waals surface area contributed by atoms with Crippen molar-refractivity contribution >= 4 is 17.6 Å². The lowest BCUT2D eigenvalue weighted by atomic mass is 9.96. The van der Waals surface area contributed by atoms with Gasteiger partial charge in [0.05, 0.1) is 5.92 Å². The Balaban J connectivity index is 1.80. The largest absolute Gasteiger partial charge is 0.481 e. The lowest BCUT2D eigenvalue weighted by Crippen LogP contribution is -2.41. The van der Waals surface area contributed by atoms with E-state index in [0.717, 1.165) is 38.2 Å². The van der Waals surface area contributed by atoms with E-state index in [-0.39, 0.29) is 18.2 Å². The van der Waals surface area contributed by atoms with Crippen LogP contribution in [0, 0.1) is 5.92 Å². The molecule has 0 radical (unpaired) electrons. The van der Waals surface area contributed by atoms with Gasteiger partial charge in [-0.05, 0) is 44.5 Å². The first-order valence-corrected chi connectivity index (χ1v) is 7.45. The van der Waals surface area contributed by atoms with E-state index in [2.05, 4.69) is 10.2 Å². The third-order valence-corrected chi connectivity index (χ3v) is 3.78. The zero-order valence-corrected chi connectivity index (χ0v) is 12.1. The molecule has 1 aliphatic heterocycles. The standard InChI is InChI=1S/C16H22N2O3/c19-15(20)9-5-11-18-10-4-6-13(12-18)16(21)17-14-7-2-1-3-8-14/h1-3,7-8,13H,4-6,9-12H2,(H,17,21)(H,19,20). The summed E-state index contributed by atoms with van der Waals surface area (Å²) in [4.78, 5) is 25.0. The van der Waals surface area contributed by atoms with Crippen molar-refractivity contribution in [1.82, 2.24) is 4.90 Å². The molecule has 0 saturated carbocycles. The first-order valence-electron chi connectivity index (χ1n) is 7.45. The number of rotatable bonds is 6. The summed E-state index contributed by atoms with van der Waals surface area (Å²) in [5.41, 5.74) is 0.825. The van der Waals surface area contributed by atoms with Crippen molar-refractivity contribution in [3.05, 3.63) is 30.3 Å². The van der Waals surface area contributed by atoms with Crippen LogP contribution in [0.25, 0.3) is 0 Å². The van der Waals surface area contributed by atoms with E-state index in [1.54, 1.807) is 0 Å². The number of piperidine rings is 1. The average Bonchev–Trinajstić information content (AvgIpc) is 2.48. The first kappa shape index (κ1) is 15.5. The molecule has 1 fully saturated rings. The molecule has 2 N–H and O–H groups in total. The van der Waals surface area contributed by atoms with Crippen LogP contribution in [0.1, 0.15) is 25.7 Å². The zero-order valence-electron chi connectivity index (χ0n) is 12.1. The van der Waals surface area contributed by atoms with Gasteiger partial charge in [-0.2, -0.15) is 0 Å². The molecule has 0 bridgehead atoms.